The smallest absolute Gasteiger partial charge is 0.236 e. The Bertz CT molecular complexity index is 234. The quantitative estimate of drug-likeness (QED) is 0.637. The molecule has 2 fully saturated rings. The number of amides is 1. The number of carbonyl (C=O) groups is 1. The van der Waals surface area contributed by atoms with Crippen molar-refractivity contribution in [1.82, 2.24) is 10.2 Å². The average molecular weight is 224 g/mol. The Morgan fingerprint density at radius 2 is 2.06 bits per heavy atom. The lowest BCUT2D eigenvalue weighted by atomic mass is 10.2. The van der Waals surface area contributed by atoms with Crippen molar-refractivity contribution in [3.63, 3.8) is 0 Å². The molecule has 0 spiro atoms. The summed E-state index contributed by atoms with van der Waals surface area (Å²) in [6, 6.07) is 0.561. The van der Waals surface area contributed by atoms with Crippen LogP contribution in [0.15, 0.2) is 0 Å². The number of hydrogen-bond acceptors (Lipinski definition) is 2. The molecule has 16 heavy (non-hydrogen) atoms. The van der Waals surface area contributed by atoms with E-state index in [1.807, 2.05) is 4.90 Å². The lowest BCUT2D eigenvalue weighted by Crippen LogP contribution is -2.39. The predicted molar refractivity (Wildman–Crippen MR) is 65.2 cm³/mol. The van der Waals surface area contributed by atoms with Gasteiger partial charge in [0.1, 0.15) is 0 Å². The van der Waals surface area contributed by atoms with Crippen LogP contribution in [0.4, 0.5) is 0 Å². The Morgan fingerprint density at radius 3 is 2.62 bits per heavy atom. The van der Waals surface area contributed by atoms with Gasteiger partial charge >= 0.3 is 0 Å². The first-order chi connectivity index (χ1) is 7.81. The Balaban J connectivity index is 1.51. The number of nitrogens with one attached hydrogen (secondary N) is 1. The zero-order valence-corrected chi connectivity index (χ0v) is 10.4. The van der Waals surface area contributed by atoms with Crippen molar-refractivity contribution >= 4 is 5.91 Å². The van der Waals surface area contributed by atoms with Crippen molar-refractivity contribution in [3.8, 4) is 0 Å². The second-order valence-electron chi connectivity index (χ2n) is 5.17. The van der Waals surface area contributed by atoms with Crippen LogP contribution in [0, 0.1) is 5.92 Å². The van der Waals surface area contributed by atoms with E-state index < -0.39 is 0 Å². The molecule has 2 aliphatic rings. The van der Waals surface area contributed by atoms with Gasteiger partial charge in [0.25, 0.3) is 0 Å². The fourth-order valence-electron chi connectivity index (χ4n) is 2.24. The molecule has 0 unspecified atom stereocenters. The van der Waals surface area contributed by atoms with Gasteiger partial charge in [0.05, 0.1) is 6.54 Å². The number of hydrogen-bond donors (Lipinski definition) is 1. The molecule has 0 bridgehead atoms. The minimum Gasteiger partial charge on any atom is -0.339 e. The normalized spacial score (nSPS) is 19.8. The van der Waals surface area contributed by atoms with Crippen LogP contribution in [-0.4, -0.2) is 36.5 Å². The van der Waals surface area contributed by atoms with Gasteiger partial charge in [0, 0.05) is 12.6 Å². The minimum absolute atomic E-state index is 0.288. The maximum atomic E-state index is 11.8. The van der Waals surface area contributed by atoms with Crippen LogP contribution < -0.4 is 5.32 Å². The van der Waals surface area contributed by atoms with Crippen molar-refractivity contribution < 1.29 is 4.79 Å². The molecule has 0 aromatic carbocycles. The maximum absolute atomic E-state index is 11.8. The molecule has 0 radical (unpaired) electrons. The highest BCUT2D eigenvalue weighted by molar-refractivity contribution is 5.78. The van der Waals surface area contributed by atoms with E-state index in [1.165, 1.54) is 38.5 Å². The second-order valence-corrected chi connectivity index (χ2v) is 5.17. The summed E-state index contributed by atoms with van der Waals surface area (Å²) in [4.78, 5) is 13.9. The summed E-state index contributed by atoms with van der Waals surface area (Å²) >= 11 is 0. The third-order valence-corrected chi connectivity index (χ3v) is 3.59. The van der Waals surface area contributed by atoms with Crippen molar-refractivity contribution in [2.45, 2.75) is 51.5 Å². The number of rotatable bonds is 8. The van der Waals surface area contributed by atoms with Crippen LogP contribution >= 0.6 is 0 Å². The van der Waals surface area contributed by atoms with Gasteiger partial charge in [-0.3, -0.25) is 4.79 Å². The molecule has 0 saturated heterocycles. The SMILES string of the molecule is CCN(C(=O)CNCCCC1CC1)C1CC1. The van der Waals surface area contributed by atoms with Crippen molar-refractivity contribution in [2.24, 2.45) is 5.92 Å². The molecular formula is C13H24N2O. The summed E-state index contributed by atoms with van der Waals surface area (Å²) < 4.78 is 0. The van der Waals surface area contributed by atoms with E-state index in [0.717, 1.165) is 19.0 Å². The van der Waals surface area contributed by atoms with E-state index >= 15 is 0 Å². The van der Waals surface area contributed by atoms with E-state index in [4.69, 9.17) is 0 Å². The molecule has 0 atom stereocenters. The predicted octanol–water partition coefficient (Wildman–Crippen LogP) is 1.78. The highest BCUT2D eigenvalue weighted by atomic mass is 16.2. The molecule has 3 heteroatoms. The lowest BCUT2D eigenvalue weighted by Gasteiger charge is -2.20. The zero-order valence-electron chi connectivity index (χ0n) is 10.4. The van der Waals surface area contributed by atoms with Crippen LogP contribution in [0.2, 0.25) is 0 Å². The first-order valence-corrected chi connectivity index (χ1v) is 6.81. The number of likely N-dealkylation sites (N-methyl/N-ethyl adjacent to an activating group) is 1. The molecular weight excluding hydrogens is 200 g/mol. The van der Waals surface area contributed by atoms with Gasteiger partial charge in [0.15, 0.2) is 0 Å². The fraction of sp³-hybridized carbons (Fsp3) is 0.923. The van der Waals surface area contributed by atoms with Crippen LogP contribution in [0.3, 0.4) is 0 Å². The molecule has 1 amide bonds. The molecule has 2 saturated carbocycles. The fourth-order valence-corrected chi connectivity index (χ4v) is 2.24. The van der Waals surface area contributed by atoms with Crippen molar-refractivity contribution in [2.75, 3.05) is 19.6 Å². The first kappa shape index (κ1) is 11.9. The number of carbonyl (C=O) groups excluding carboxylic acids is 1. The summed E-state index contributed by atoms with van der Waals surface area (Å²) in [5, 5.41) is 3.27. The van der Waals surface area contributed by atoms with E-state index in [9.17, 15) is 4.79 Å². The standard InChI is InChI=1S/C13H24N2O/c1-2-15(12-7-8-12)13(16)10-14-9-3-4-11-5-6-11/h11-12,14H,2-10H2,1H3. The van der Waals surface area contributed by atoms with E-state index in [2.05, 4.69) is 12.2 Å². The molecule has 2 rings (SSSR count). The monoisotopic (exact) mass is 224 g/mol. The molecule has 0 aromatic rings. The summed E-state index contributed by atoms with van der Waals surface area (Å²) in [6.45, 7) is 4.48. The van der Waals surface area contributed by atoms with Gasteiger partial charge in [0.2, 0.25) is 5.91 Å². The molecule has 1 N–H and O–H groups in total. The molecule has 92 valence electrons. The summed E-state index contributed by atoms with van der Waals surface area (Å²) in [5.41, 5.74) is 0. The van der Waals surface area contributed by atoms with Gasteiger partial charge in [-0.25, -0.2) is 0 Å². The van der Waals surface area contributed by atoms with Gasteiger partial charge in [-0.05, 0) is 45.1 Å². The molecule has 0 heterocycles. The molecule has 0 aliphatic heterocycles. The topological polar surface area (TPSA) is 32.3 Å². The lowest BCUT2D eigenvalue weighted by molar-refractivity contribution is -0.130. The van der Waals surface area contributed by atoms with Crippen LogP contribution in [0.1, 0.15) is 45.4 Å². The maximum Gasteiger partial charge on any atom is 0.236 e. The largest absolute Gasteiger partial charge is 0.339 e. The Hall–Kier alpha value is -0.570. The molecule has 3 nitrogen and oxygen atoms in total. The first-order valence-electron chi connectivity index (χ1n) is 6.81. The van der Waals surface area contributed by atoms with Crippen molar-refractivity contribution in [1.29, 1.82) is 0 Å². The van der Waals surface area contributed by atoms with Gasteiger partial charge in [-0.15, -0.1) is 0 Å². The summed E-state index contributed by atoms with van der Waals surface area (Å²) in [6.07, 6.45) is 7.87. The Morgan fingerprint density at radius 1 is 1.31 bits per heavy atom. The minimum atomic E-state index is 0.288. The van der Waals surface area contributed by atoms with Crippen LogP contribution in [-0.2, 0) is 4.79 Å². The van der Waals surface area contributed by atoms with Crippen molar-refractivity contribution in [3.05, 3.63) is 0 Å². The highest BCUT2D eigenvalue weighted by Gasteiger charge is 2.30. The van der Waals surface area contributed by atoms with E-state index in [0.29, 0.717) is 12.6 Å². The Kier molecular flexibility index (Phi) is 4.22. The van der Waals surface area contributed by atoms with Gasteiger partial charge in [-0.2, -0.15) is 0 Å². The molecule has 2 aliphatic carbocycles. The highest BCUT2D eigenvalue weighted by Crippen LogP contribution is 2.33. The summed E-state index contributed by atoms with van der Waals surface area (Å²) in [7, 11) is 0. The third-order valence-electron chi connectivity index (χ3n) is 3.59. The van der Waals surface area contributed by atoms with Gasteiger partial charge in [-0.1, -0.05) is 12.8 Å². The Labute approximate surface area is 98.6 Å². The summed E-state index contributed by atoms with van der Waals surface area (Å²) in [5.74, 6) is 1.30. The van der Waals surface area contributed by atoms with Crippen LogP contribution in [0.25, 0.3) is 0 Å². The van der Waals surface area contributed by atoms with Crippen LogP contribution in [0.5, 0.6) is 0 Å². The van der Waals surface area contributed by atoms with Gasteiger partial charge < -0.3 is 10.2 Å². The average Bonchev–Trinajstić information content (AvgIpc) is 3.13. The van der Waals surface area contributed by atoms with E-state index in [-0.39, 0.29) is 5.91 Å². The number of nitrogens with zero attached hydrogens (tertiary/aromatic N) is 1. The zero-order chi connectivity index (χ0) is 11.4. The van der Waals surface area contributed by atoms with E-state index in [1.54, 1.807) is 0 Å². The molecule has 0 aromatic heterocycles. The third kappa shape index (κ3) is 3.78. The second kappa shape index (κ2) is 5.67.